The van der Waals surface area contributed by atoms with Crippen molar-refractivity contribution in [1.82, 2.24) is 10.2 Å². The summed E-state index contributed by atoms with van der Waals surface area (Å²) in [6, 6.07) is 10.2. The summed E-state index contributed by atoms with van der Waals surface area (Å²) in [6.45, 7) is 2.22. The van der Waals surface area contributed by atoms with Crippen LogP contribution in [0.2, 0.25) is 0 Å². The molecule has 1 N–H and O–H groups in total. The molecule has 2 aliphatic rings. The summed E-state index contributed by atoms with van der Waals surface area (Å²) in [5.41, 5.74) is 1.14. The Labute approximate surface area is 184 Å². The average Bonchev–Trinajstić information content (AvgIpc) is 2.73. The molecule has 1 amide bonds. The summed E-state index contributed by atoms with van der Waals surface area (Å²) in [5, 5.41) is 2.89. The monoisotopic (exact) mass is 450 g/mol. The first-order valence-electron chi connectivity index (χ1n) is 10.5. The SMILES string of the molecule is CN1CCCC(Oc2cccc3c2C[C@H](NC(=O)c2ccc(OC(F)(F)F)cc2)CO3)C1. The zero-order valence-corrected chi connectivity index (χ0v) is 17.7. The van der Waals surface area contributed by atoms with Crippen LogP contribution in [0.3, 0.4) is 0 Å². The Morgan fingerprint density at radius 2 is 1.97 bits per heavy atom. The number of hydrogen-bond donors (Lipinski definition) is 1. The highest BCUT2D eigenvalue weighted by Gasteiger charge is 2.31. The topological polar surface area (TPSA) is 60.0 Å². The number of fused-ring (bicyclic) bond motifs is 1. The molecular formula is C23H25F3N2O4. The van der Waals surface area contributed by atoms with Gasteiger partial charge < -0.3 is 24.4 Å². The summed E-state index contributed by atoms with van der Waals surface area (Å²) in [4.78, 5) is 14.8. The van der Waals surface area contributed by atoms with Crippen LogP contribution >= 0.6 is 0 Å². The molecule has 2 atom stereocenters. The predicted octanol–water partition coefficient (Wildman–Crippen LogP) is 3.79. The maximum Gasteiger partial charge on any atom is 0.573 e. The number of piperidine rings is 1. The Bertz CT molecular complexity index is 949. The number of ether oxygens (including phenoxy) is 3. The molecule has 0 spiro atoms. The van der Waals surface area contributed by atoms with Crippen LogP contribution in [-0.4, -0.2) is 56.1 Å². The number of nitrogens with one attached hydrogen (secondary N) is 1. The fourth-order valence-electron chi connectivity index (χ4n) is 4.05. The van der Waals surface area contributed by atoms with Crippen molar-refractivity contribution in [1.29, 1.82) is 0 Å². The molecule has 172 valence electrons. The summed E-state index contributed by atoms with van der Waals surface area (Å²) in [7, 11) is 2.08. The highest BCUT2D eigenvalue weighted by Crippen LogP contribution is 2.34. The Morgan fingerprint density at radius 1 is 1.19 bits per heavy atom. The first kappa shape index (κ1) is 22.3. The van der Waals surface area contributed by atoms with Crippen molar-refractivity contribution in [3.8, 4) is 17.2 Å². The fraction of sp³-hybridized carbons (Fsp3) is 0.435. The minimum atomic E-state index is -4.77. The van der Waals surface area contributed by atoms with Crippen molar-refractivity contribution < 1.29 is 32.2 Å². The van der Waals surface area contributed by atoms with Crippen LogP contribution in [0.4, 0.5) is 13.2 Å². The van der Waals surface area contributed by atoms with E-state index in [0.29, 0.717) is 13.0 Å². The maximum atomic E-state index is 12.6. The van der Waals surface area contributed by atoms with Gasteiger partial charge in [0.2, 0.25) is 0 Å². The van der Waals surface area contributed by atoms with Crippen molar-refractivity contribution in [2.75, 3.05) is 26.7 Å². The fourth-order valence-corrected chi connectivity index (χ4v) is 4.05. The van der Waals surface area contributed by atoms with Gasteiger partial charge in [-0.2, -0.15) is 0 Å². The Morgan fingerprint density at radius 3 is 2.69 bits per heavy atom. The van der Waals surface area contributed by atoms with E-state index < -0.39 is 12.3 Å². The van der Waals surface area contributed by atoms with Crippen LogP contribution in [0.1, 0.15) is 28.8 Å². The van der Waals surface area contributed by atoms with E-state index in [0.717, 1.165) is 55.1 Å². The molecule has 0 radical (unpaired) electrons. The summed E-state index contributed by atoms with van der Waals surface area (Å²) in [5.74, 6) is 0.730. The van der Waals surface area contributed by atoms with Gasteiger partial charge in [-0.05, 0) is 62.8 Å². The lowest BCUT2D eigenvalue weighted by atomic mass is 10.0. The van der Waals surface area contributed by atoms with Gasteiger partial charge >= 0.3 is 6.36 Å². The summed E-state index contributed by atoms with van der Waals surface area (Å²) in [6.07, 6.45) is -2.06. The third kappa shape index (κ3) is 5.64. The molecule has 1 fully saturated rings. The van der Waals surface area contributed by atoms with Crippen LogP contribution in [-0.2, 0) is 6.42 Å². The minimum absolute atomic E-state index is 0.104. The number of likely N-dealkylation sites (N-methyl/N-ethyl adjacent to an activating group) is 1. The zero-order valence-electron chi connectivity index (χ0n) is 17.7. The molecule has 0 bridgehead atoms. The number of alkyl halides is 3. The van der Waals surface area contributed by atoms with Gasteiger partial charge in [-0.25, -0.2) is 0 Å². The number of carbonyl (C=O) groups is 1. The van der Waals surface area contributed by atoms with E-state index >= 15 is 0 Å². The highest BCUT2D eigenvalue weighted by molar-refractivity contribution is 5.94. The number of halogens is 3. The molecule has 0 saturated carbocycles. The molecule has 0 aromatic heterocycles. The lowest BCUT2D eigenvalue weighted by Crippen LogP contribution is -2.43. The van der Waals surface area contributed by atoms with Crippen molar-refractivity contribution in [2.24, 2.45) is 0 Å². The molecule has 32 heavy (non-hydrogen) atoms. The van der Waals surface area contributed by atoms with E-state index in [1.807, 2.05) is 18.2 Å². The van der Waals surface area contributed by atoms with E-state index in [4.69, 9.17) is 9.47 Å². The standard InChI is InChI=1S/C23H25F3N2O4/c1-28-11-3-4-18(13-28)31-21-6-2-5-20-19(21)12-16(14-30-20)27-22(29)15-7-9-17(10-8-15)32-23(24,25)26/h2,5-10,16,18H,3-4,11-14H2,1H3,(H,27,29)/t16-,18?/m0/s1. The van der Waals surface area contributed by atoms with E-state index in [1.54, 1.807) is 0 Å². The van der Waals surface area contributed by atoms with Crippen LogP contribution in [0.25, 0.3) is 0 Å². The molecule has 4 rings (SSSR count). The number of benzene rings is 2. The zero-order chi connectivity index (χ0) is 22.7. The molecule has 2 aliphatic heterocycles. The van der Waals surface area contributed by atoms with E-state index in [2.05, 4.69) is 22.0 Å². The third-order valence-corrected chi connectivity index (χ3v) is 5.54. The second kappa shape index (κ2) is 9.28. The molecule has 0 aliphatic carbocycles. The van der Waals surface area contributed by atoms with Crippen LogP contribution in [0, 0.1) is 0 Å². The molecule has 6 nitrogen and oxygen atoms in total. The smallest absolute Gasteiger partial charge is 0.491 e. The third-order valence-electron chi connectivity index (χ3n) is 5.54. The molecule has 1 saturated heterocycles. The van der Waals surface area contributed by atoms with Gasteiger partial charge in [-0.15, -0.1) is 13.2 Å². The van der Waals surface area contributed by atoms with Gasteiger partial charge in [0.05, 0.1) is 6.04 Å². The second-order valence-electron chi connectivity index (χ2n) is 8.13. The van der Waals surface area contributed by atoms with E-state index in [-0.39, 0.29) is 23.5 Å². The molecule has 9 heteroatoms. The number of carbonyl (C=O) groups excluding carboxylic acids is 1. The Balaban J connectivity index is 1.40. The predicted molar refractivity (Wildman–Crippen MR) is 111 cm³/mol. The molecule has 1 unspecified atom stereocenters. The van der Waals surface area contributed by atoms with Crippen LogP contribution in [0.15, 0.2) is 42.5 Å². The maximum absolute atomic E-state index is 12.6. The van der Waals surface area contributed by atoms with Crippen molar-refractivity contribution in [3.05, 3.63) is 53.6 Å². The average molecular weight is 450 g/mol. The second-order valence-corrected chi connectivity index (χ2v) is 8.13. The number of rotatable bonds is 5. The van der Waals surface area contributed by atoms with Crippen LogP contribution < -0.4 is 19.5 Å². The lowest BCUT2D eigenvalue weighted by molar-refractivity contribution is -0.274. The molecular weight excluding hydrogens is 425 g/mol. The van der Waals surface area contributed by atoms with Gasteiger partial charge in [-0.1, -0.05) is 6.07 Å². The van der Waals surface area contributed by atoms with Gasteiger partial charge in [-0.3, -0.25) is 4.79 Å². The van der Waals surface area contributed by atoms with E-state index in [1.165, 1.54) is 12.1 Å². The minimum Gasteiger partial charge on any atom is -0.491 e. The Hall–Kier alpha value is -2.94. The Kier molecular flexibility index (Phi) is 6.45. The number of likely N-dealkylation sites (tertiary alicyclic amines) is 1. The summed E-state index contributed by atoms with van der Waals surface area (Å²) >= 11 is 0. The van der Waals surface area contributed by atoms with Crippen molar-refractivity contribution >= 4 is 5.91 Å². The molecule has 2 heterocycles. The first-order chi connectivity index (χ1) is 15.3. The van der Waals surface area contributed by atoms with Gasteiger partial charge in [0.1, 0.15) is 30.0 Å². The van der Waals surface area contributed by atoms with Gasteiger partial charge in [0, 0.05) is 24.1 Å². The number of amides is 1. The first-order valence-corrected chi connectivity index (χ1v) is 10.5. The summed E-state index contributed by atoms with van der Waals surface area (Å²) < 4.78 is 52.9. The lowest BCUT2D eigenvalue weighted by Gasteiger charge is -2.32. The number of nitrogens with zero attached hydrogens (tertiary/aromatic N) is 1. The largest absolute Gasteiger partial charge is 0.573 e. The van der Waals surface area contributed by atoms with Crippen molar-refractivity contribution in [3.63, 3.8) is 0 Å². The molecule has 2 aromatic carbocycles. The van der Waals surface area contributed by atoms with Gasteiger partial charge in [0.15, 0.2) is 0 Å². The molecule has 2 aromatic rings. The van der Waals surface area contributed by atoms with Crippen molar-refractivity contribution in [2.45, 2.75) is 37.8 Å². The number of hydrogen-bond acceptors (Lipinski definition) is 5. The van der Waals surface area contributed by atoms with E-state index in [9.17, 15) is 18.0 Å². The van der Waals surface area contributed by atoms with Gasteiger partial charge in [0.25, 0.3) is 5.91 Å². The highest BCUT2D eigenvalue weighted by atomic mass is 19.4. The normalized spacial score (nSPS) is 21.2. The van der Waals surface area contributed by atoms with Crippen LogP contribution in [0.5, 0.6) is 17.2 Å². The quantitative estimate of drug-likeness (QED) is 0.751.